The number of aryl methyl sites for hydroxylation is 1. The molecule has 3 heterocycles. The first-order valence-corrected chi connectivity index (χ1v) is 12.3. The number of carbonyl (C=O) groups is 2. The highest BCUT2D eigenvalue weighted by molar-refractivity contribution is 5.88. The molecule has 8 nitrogen and oxygen atoms in total. The second kappa shape index (κ2) is 10.7. The molecule has 190 valence electrons. The molecule has 7 atom stereocenters. The molecule has 0 spiro atoms. The van der Waals surface area contributed by atoms with Gasteiger partial charge in [0.25, 0.3) is 0 Å². The molecule has 2 fully saturated rings. The number of Topliss-reactive ketones (excluding diaryl/α,β-unsaturated/α-hetero) is 1. The highest BCUT2D eigenvalue weighted by atomic mass is 16.6. The molecule has 2 aliphatic rings. The van der Waals surface area contributed by atoms with E-state index in [9.17, 15) is 19.8 Å². The summed E-state index contributed by atoms with van der Waals surface area (Å²) in [5.74, 6) is -1.03. The van der Waals surface area contributed by atoms with Crippen LogP contribution in [0.4, 0.5) is 0 Å². The van der Waals surface area contributed by atoms with Crippen LogP contribution in [0.3, 0.4) is 0 Å². The van der Waals surface area contributed by atoms with E-state index in [0.29, 0.717) is 18.0 Å². The number of fused-ring (bicyclic) bond motifs is 1. The van der Waals surface area contributed by atoms with Crippen molar-refractivity contribution < 1.29 is 33.7 Å². The molecule has 2 aliphatic heterocycles. The molecular weight excluding hydrogens is 438 g/mol. The van der Waals surface area contributed by atoms with Crippen LogP contribution >= 0.6 is 0 Å². The zero-order chi connectivity index (χ0) is 25.2. The van der Waals surface area contributed by atoms with E-state index in [2.05, 4.69) is 4.98 Å². The molecule has 2 N–H and O–H groups in total. The second-order valence-electron chi connectivity index (χ2n) is 10.6. The first kappa shape index (κ1) is 26.6. The van der Waals surface area contributed by atoms with Gasteiger partial charge < -0.3 is 24.1 Å². The molecule has 34 heavy (non-hydrogen) atoms. The lowest BCUT2D eigenvalue weighted by atomic mass is 9.73. The Morgan fingerprint density at radius 2 is 1.88 bits per heavy atom. The number of nitrogens with zero attached hydrogens (tertiary/aromatic N) is 1. The van der Waals surface area contributed by atoms with Crippen molar-refractivity contribution in [2.24, 2.45) is 17.3 Å². The van der Waals surface area contributed by atoms with E-state index in [4.69, 9.17) is 13.9 Å². The predicted molar refractivity (Wildman–Crippen MR) is 126 cm³/mol. The van der Waals surface area contributed by atoms with E-state index in [1.807, 2.05) is 19.9 Å². The molecule has 1 aromatic rings. The second-order valence-corrected chi connectivity index (χ2v) is 10.6. The number of aromatic nitrogens is 1. The quantitative estimate of drug-likeness (QED) is 0.489. The Morgan fingerprint density at radius 3 is 2.53 bits per heavy atom. The molecule has 0 aliphatic carbocycles. The highest BCUT2D eigenvalue weighted by Gasteiger charge is 2.44. The Kier molecular flexibility index (Phi) is 8.37. The molecule has 0 unspecified atom stereocenters. The summed E-state index contributed by atoms with van der Waals surface area (Å²) < 4.78 is 16.9. The summed E-state index contributed by atoms with van der Waals surface area (Å²) in [6, 6.07) is 0. The average Bonchev–Trinajstić information content (AvgIpc) is 3.38. The van der Waals surface area contributed by atoms with Crippen molar-refractivity contribution in [1.29, 1.82) is 0 Å². The number of aliphatic hydroxyl groups is 2. The van der Waals surface area contributed by atoms with E-state index in [1.54, 1.807) is 34.0 Å². The van der Waals surface area contributed by atoms with Gasteiger partial charge in [0, 0.05) is 19.3 Å². The van der Waals surface area contributed by atoms with Crippen molar-refractivity contribution in [1.82, 2.24) is 4.98 Å². The largest absolute Gasteiger partial charge is 0.458 e. The number of aliphatic hydroxyl groups excluding tert-OH is 2. The van der Waals surface area contributed by atoms with Crippen molar-refractivity contribution in [3.05, 3.63) is 23.4 Å². The van der Waals surface area contributed by atoms with Crippen molar-refractivity contribution >= 4 is 17.8 Å². The van der Waals surface area contributed by atoms with Crippen LogP contribution in [0.1, 0.15) is 78.3 Å². The Morgan fingerprint density at radius 1 is 1.18 bits per heavy atom. The molecule has 3 rings (SSSR count). The molecule has 0 bridgehead atoms. The normalized spacial score (nSPS) is 36.0. The highest BCUT2D eigenvalue weighted by Crippen LogP contribution is 2.36. The van der Waals surface area contributed by atoms with Gasteiger partial charge >= 0.3 is 5.97 Å². The fraction of sp³-hybridized carbons (Fsp3) is 0.731. The summed E-state index contributed by atoms with van der Waals surface area (Å²) in [5, 5.41) is 21.6. The lowest BCUT2D eigenvalue weighted by molar-refractivity contribution is -0.154. The maximum absolute atomic E-state index is 13.2. The number of carbonyl (C=O) groups excluding carboxylic acids is 2. The van der Waals surface area contributed by atoms with Gasteiger partial charge in [-0.3, -0.25) is 9.59 Å². The fourth-order valence-corrected chi connectivity index (χ4v) is 4.78. The van der Waals surface area contributed by atoms with Gasteiger partial charge in [-0.25, -0.2) is 4.98 Å². The molecule has 1 aromatic heterocycles. The number of ether oxygens (including phenoxy) is 2. The number of cyclic esters (lactones) is 1. The molecule has 0 amide bonds. The number of oxazole rings is 1. The van der Waals surface area contributed by atoms with E-state index in [0.717, 1.165) is 24.8 Å². The van der Waals surface area contributed by atoms with Crippen molar-refractivity contribution in [3.8, 4) is 0 Å². The standard InChI is InChI=1S/C26H39NO7/c1-14-8-7-9-19-21(33-19)11-20(15(2)10-18-13-32-17(4)27-18)34-23(29)12-22(28)26(5,6)25(31)16(3)24(14)30/h10,13-14,16,19-22,24,28,30H,7-9,11-12H2,1-6H3/b15-10+/t14-,16+,19+,20-,21-,22-,24-/m0/s1. The van der Waals surface area contributed by atoms with Gasteiger partial charge in [-0.1, -0.05) is 34.1 Å². The van der Waals surface area contributed by atoms with Crippen molar-refractivity contribution in [3.63, 3.8) is 0 Å². The monoisotopic (exact) mass is 477 g/mol. The van der Waals surface area contributed by atoms with E-state index in [1.165, 1.54) is 0 Å². The number of hydrogen-bond acceptors (Lipinski definition) is 8. The first-order chi connectivity index (χ1) is 15.9. The molecule has 0 radical (unpaired) electrons. The Balaban J connectivity index is 1.81. The number of rotatable bonds is 2. The van der Waals surface area contributed by atoms with Crippen LogP contribution in [-0.2, 0) is 19.1 Å². The predicted octanol–water partition coefficient (Wildman–Crippen LogP) is 3.62. The fourth-order valence-electron chi connectivity index (χ4n) is 4.78. The first-order valence-electron chi connectivity index (χ1n) is 12.3. The smallest absolute Gasteiger partial charge is 0.309 e. The van der Waals surface area contributed by atoms with Crippen LogP contribution in [0, 0.1) is 24.2 Å². The van der Waals surface area contributed by atoms with E-state index in [-0.39, 0.29) is 30.3 Å². The topological polar surface area (TPSA) is 122 Å². The van der Waals surface area contributed by atoms with Gasteiger partial charge in [-0.05, 0) is 37.3 Å². The van der Waals surface area contributed by atoms with Crippen molar-refractivity contribution in [2.45, 2.75) is 104 Å². The molecule has 0 aromatic carbocycles. The zero-order valence-electron chi connectivity index (χ0n) is 21.1. The molecule has 2 saturated heterocycles. The van der Waals surface area contributed by atoms with Gasteiger partial charge in [-0.15, -0.1) is 0 Å². The van der Waals surface area contributed by atoms with Crippen LogP contribution in [0.2, 0.25) is 0 Å². The van der Waals surface area contributed by atoms with Crippen LogP contribution in [0.5, 0.6) is 0 Å². The minimum atomic E-state index is -1.24. The van der Waals surface area contributed by atoms with Crippen LogP contribution < -0.4 is 0 Å². The number of esters is 1. The third-order valence-electron chi connectivity index (χ3n) is 7.41. The third kappa shape index (κ3) is 6.34. The molecule has 0 saturated carbocycles. The SMILES string of the molecule is C/C(=C\c1coc(C)n1)[C@@H]1C[C@@H]2O[C@@H]2CCC[C@H](C)[C@H](O)[C@@H](C)C(=O)C(C)(C)[C@@H](O)CC(=O)O1. The van der Waals surface area contributed by atoms with Crippen LogP contribution in [0.25, 0.3) is 6.08 Å². The van der Waals surface area contributed by atoms with Crippen LogP contribution in [-0.4, -0.2) is 57.5 Å². The minimum Gasteiger partial charge on any atom is -0.458 e. The Labute approximate surface area is 201 Å². The number of epoxide rings is 1. The Hall–Kier alpha value is -2.03. The third-order valence-corrected chi connectivity index (χ3v) is 7.41. The van der Waals surface area contributed by atoms with Crippen LogP contribution in [0.15, 0.2) is 16.3 Å². The Bertz CT molecular complexity index is 905. The van der Waals surface area contributed by atoms with E-state index < -0.39 is 35.6 Å². The lowest BCUT2D eigenvalue weighted by Gasteiger charge is -2.34. The molecular formula is C26H39NO7. The maximum atomic E-state index is 13.2. The summed E-state index contributed by atoms with van der Waals surface area (Å²) in [6.07, 6.45) is 3.51. The zero-order valence-corrected chi connectivity index (χ0v) is 21.1. The van der Waals surface area contributed by atoms with Gasteiger partial charge in [0.15, 0.2) is 5.89 Å². The van der Waals surface area contributed by atoms with E-state index >= 15 is 0 Å². The molecule has 8 heteroatoms. The van der Waals surface area contributed by atoms with Gasteiger partial charge in [-0.2, -0.15) is 0 Å². The summed E-state index contributed by atoms with van der Waals surface area (Å²) in [4.78, 5) is 30.3. The maximum Gasteiger partial charge on any atom is 0.309 e. The summed E-state index contributed by atoms with van der Waals surface area (Å²) in [6.45, 7) is 10.5. The number of hydrogen-bond donors (Lipinski definition) is 2. The summed E-state index contributed by atoms with van der Waals surface area (Å²) in [7, 11) is 0. The van der Waals surface area contributed by atoms with Crippen molar-refractivity contribution in [2.75, 3.05) is 0 Å². The summed E-state index contributed by atoms with van der Waals surface area (Å²) in [5.41, 5.74) is 0.228. The number of ketones is 1. The van der Waals surface area contributed by atoms with Gasteiger partial charge in [0.2, 0.25) is 0 Å². The lowest BCUT2D eigenvalue weighted by Crippen LogP contribution is -2.45. The summed E-state index contributed by atoms with van der Waals surface area (Å²) >= 11 is 0. The van der Waals surface area contributed by atoms with Gasteiger partial charge in [0.05, 0.1) is 36.3 Å². The van der Waals surface area contributed by atoms with Gasteiger partial charge in [0.1, 0.15) is 23.8 Å². The average molecular weight is 478 g/mol. The minimum absolute atomic E-state index is 0.0183.